The molecule has 0 bridgehead atoms. The lowest BCUT2D eigenvalue weighted by Gasteiger charge is -2.33. The van der Waals surface area contributed by atoms with E-state index in [0.717, 1.165) is 36.1 Å². The Kier molecular flexibility index (Phi) is 10.0. The van der Waals surface area contributed by atoms with Crippen molar-refractivity contribution in [2.45, 2.75) is 26.2 Å². The molecule has 0 radical (unpaired) electrons. The first-order chi connectivity index (χ1) is 23.6. The Morgan fingerprint density at radius 2 is 1.84 bits per heavy atom. The molecule has 1 amide bonds. The van der Waals surface area contributed by atoms with Crippen molar-refractivity contribution in [2.75, 3.05) is 57.6 Å². The molecule has 254 valence electrons. The summed E-state index contributed by atoms with van der Waals surface area (Å²) >= 11 is 0. The van der Waals surface area contributed by atoms with Crippen LogP contribution >= 0.6 is 0 Å². The van der Waals surface area contributed by atoms with Crippen LogP contribution in [0.2, 0.25) is 0 Å². The summed E-state index contributed by atoms with van der Waals surface area (Å²) in [6.07, 6.45) is 2.60. The lowest BCUT2D eigenvalue weighted by Crippen LogP contribution is -2.44. The number of anilines is 3. The highest BCUT2D eigenvalue weighted by Gasteiger charge is 2.34. The van der Waals surface area contributed by atoms with Gasteiger partial charge in [0.2, 0.25) is 0 Å². The summed E-state index contributed by atoms with van der Waals surface area (Å²) in [7, 11) is 3.64. The molecule has 6 rings (SSSR count). The molecule has 10 nitrogen and oxygen atoms in total. The van der Waals surface area contributed by atoms with Gasteiger partial charge < -0.3 is 20.3 Å². The van der Waals surface area contributed by atoms with Crippen molar-refractivity contribution in [1.29, 1.82) is 0 Å². The van der Waals surface area contributed by atoms with Gasteiger partial charge in [0.05, 0.1) is 42.5 Å². The Labute approximate surface area is 282 Å². The molecule has 4 heterocycles. The number of aryl methyl sites for hydroxylation is 1. The lowest BCUT2D eigenvalue weighted by atomic mass is 10.0. The Bertz CT molecular complexity index is 2020. The van der Waals surface area contributed by atoms with Crippen molar-refractivity contribution >= 4 is 28.6 Å². The number of piperazine rings is 1. The number of hydrogen-bond acceptors (Lipinski definition) is 7. The smallest absolute Gasteiger partial charge is 0.383 e. The van der Waals surface area contributed by atoms with E-state index in [1.165, 1.54) is 12.1 Å². The second kappa shape index (κ2) is 14.5. The number of nitrogens with zero attached hydrogens (tertiary/aromatic N) is 6. The molecule has 1 aliphatic heterocycles. The number of nitrogens with one attached hydrogen (secondary N) is 2. The van der Waals surface area contributed by atoms with Crippen LogP contribution in [-0.2, 0) is 24.0 Å². The van der Waals surface area contributed by atoms with Crippen molar-refractivity contribution in [3.63, 3.8) is 0 Å². The molecular weight excluding hydrogens is 633 g/mol. The van der Waals surface area contributed by atoms with E-state index in [4.69, 9.17) is 4.74 Å². The van der Waals surface area contributed by atoms with E-state index in [0.29, 0.717) is 43.1 Å². The Morgan fingerprint density at radius 1 is 1.02 bits per heavy atom. The third kappa shape index (κ3) is 8.11. The third-order valence-electron chi connectivity index (χ3n) is 8.46. The monoisotopic (exact) mass is 670 g/mol. The quantitative estimate of drug-likeness (QED) is 0.196. The van der Waals surface area contributed by atoms with E-state index < -0.39 is 17.6 Å². The van der Waals surface area contributed by atoms with Gasteiger partial charge in [0.1, 0.15) is 5.69 Å². The van der Waals surface area contributed by atoms with Crippen molar-refractivity contribution < 1.29 is 22.7 Å². The molecular formula is C36H37F3N8O2. The summed E-state index contributed by atoms with van der Waals surface area (Å²) in [5, 5.41) is 10.3. The van der Waals surface area contributed by atoms with Gasteiger partial charge in [-0.25, -0.2) is 4.98 Å². The van der Waals surface area contributed by atoms with E-state index >= 15 is 0 Å². The number of pyridine rings is 1. The molecule has 1 fully saturated rings. The van der Waals surface area contributed by atoms with Crippen LogP contribution in [0.1, 0.15) is 38.3 Å². The van der Waals surface area contributed by atoms with Gasteiger partial charge in [-0.2, -0.15) is 18.3 Å². The second-order valence-electron chi connectivity index (χ2n) is 12.1. The maximum atomic E-state index is 14.1. The molecule has 3 aromatic heterocycles. The molecule has 0 unspecified atom stereocenters. The highest BCUT2D eigenvalue weighted by atomic mass is 19.4. The molecule has 2 N–H and O–H groups in total. The number of fused-ring (bicyclic) bond motifs is 1. The lowest BCUT2D eigenvalue weighted by molar-refractivity contribution is -0.138. The van der Waals surface area contributed by atoms with E-state index in [-0.39, 0.29) is 23.4 Å². The van der Waals surface area contributed by atoms with Crippen molar-refractivity contribution in [3.05, 3.63) is 107 Å². The van der Waals surface area contributed by atoms with Crippen molar-refractivity contribution in [3.8, 4) is 11.8 Å². The van der Waals surface area contributed by atoms with Crippen LogP contribution in [0, 0.1) is 18.8 Å². The van der Waals surface area contributed by atoms with Crippen LogP contribution < -0.4 is 10.6 Å². The molecule has 5 aromatic rings. The Hall–Kier alpha value is -5.16. The number of hydrogen-bond donors (Lipinski definition) is 2. The minimum atomic E-state index is -4.56. The average molecular weight is 671 g/mol. The van der Waals surface area contributed by atoms with Crippen molar-refractivity contribution in [1.82, 2.24) is 29.0 Å². The zero-order chi connectivity index (χ0) is 34.5. The molecule has 0 atom stereocenters. The summed E-state index contributed by atoms with van der Waals surface area (Å²) in [5.74, 6) is 5.77. The molecule has 1 saturated heterocycles. The minimum Gasteiger partial charge on any atom is -0.383 e. The fraction of sp³-hybridized carbons (Fsp3) is 0.306. The number of aromatic nitrogens is 4. The predicted octanol–water partition coefficient (Wildman–Crippen LogP) is 5.65. The number of carbonyl (C=O) groups is 1. The summed E-state index contributed by atoms with van der Waals surface area (Å²) in [6, 6.07) is 12.8. The van der Waals surface area contributed by atoms with Gasteiger partial charge in [-0.1, -0.05) is 18.1 Å². The van der Waals surface area contributed by atoms with E-state index in [1.807, 2.05) is 47.8 Å². The first-order valence-electron chi connectivity index (χ1n) is 15.9. The SMILES string of the molecule is COCCn1cc(Nc2cccn3c(C#Cc4cc(C(=O)Nc5ccc(CN6CCN(C)CC6)c(C(F)(F)F)c5)ccc4C)cnc23)cn1. The van der Waals surface area contributed by atoms with Gasteiger partial charge in [-0.3, -0.25) is 18.8 Å². The van der Waals surface area contributed by atoms with E-state index in [2.05, 4.69) is 37.5 Å². The molecule has 49 heavy (non-hydrogen) atoms. The van der Waals surface area contributed by atoms with Gasteiger partial charge >= 0.3 is 6.18 Å². The normalized spacial score (nSPS) is 14.1. The average Bonchev–Trinajstić information content (AvgIpc) is 3.71. The zero-order valence-corrected chi connectivity index (χ0v) is 27.5. The van der Waals surface area contributed by atoms with Crippen LogP contribution in [0.15, 0.2) is 73.3 Å². The molecule has 1 aliphatic rings. The van der Waals surface area contributed by atoms with Gasteiger partial charge in [0, 0.05) is 69.0 Å². The zero-order valence-electron chi connectivity index (χ0n) is 27.5. The Morgan fingerprint density at radius 3 is 2.61 bits per heavy atom. The number of carbonyl (C=O) groups excluding carboxylic acids is 1. The Balaban J connectivity index is 1.18. The number of likely N-dealkylation sites (N-methyl/N-ethyl adjacent to an activating group) is 1. The predicted molar refractivity (Wildman–Crippen MR) is 182 cm³/mol. The highest BCUT2D eigenvalue weighted by molar-refractivity contribution is 6.04. The maximum Gasteiger partial charge on any atom is 0.416 e. The summed E-state index contributed by atoms with van der Waals surface area (Å²) in [6.45, 7) is 6.27. The molecule has 0 spiro atoms. The minimum absolute atomic E-state index is 0.0742. The van der Waals surface area contributed by atoms with E-state index in [9.17, 15) is 18.0 Å². The number of alkyl halides is 3. The number of rotatable bonds is 9. The first kappa shape index (κ1) is 33.7. The van der Waals surface area contributed by atoms with Gasteiger partial charge in [0.15, 0.2) is 5.65 Å². The van der Waals surface area contributed by atoms with Crippen LogP contribution in [0.3, 0.4) is 0 Å². The molecule has 0 saturated carbocycles. The second-order valence-corrected chi connectivity index (χ2v) is 12.1. The largest absolute Gasteiger partial charge is 0.416 e. The summed E-state index contributed by atoms with van der Waals surface area (Å²) < 4.78 is 51.0. The van der Waals surface area contributed by atoms with Crippen LogP contribution in [0.5, 0.6) is 0 Å². The van der Waals surface area contributed by atoms with Gasteiger partial charge in [-0.15, -0.1) is 0 Å². The van der Waals surface area contributed by atoms with Gasteiger partial charge in [0.25, 0.3) is 5.91 Å². The maximum absolute atomic E-state index is 14.1. The standard InChI is InChI=1S/C36H37F3N8O2/c1-25-6-7-27(35(48)43-29-10-8-28(32(20-29)36(37,38)39)23-45-15-13-44(2)14-16-45)19-26(25)9-11-31-22-40-34-33(5-4-12-47(31)34)42-30-21-41-46(24-30)17-18-49-3/h4-8,10,12,19-22,24,42H,13-18,23H2,1-3H3,(H,43,48). The van der Waals surface area contributed by atoms with Crippen LogP contribution in [0.25, 0.3) is 5.65 Å². The number of ether oxygens (including phenoxy) is 1. The summed E-state index contributed by atoms with van der Waals surface area (Å²) in [5.41, 5.74) is 4.15. The van der Waals surface area contributed by atoms with Crippen LogP contribution in [0.4, 0.5) is 30.2 Å². The molecule has 13 heteroatoms. The molecule has 2 aromatic carbocycles. The number of halogens is 3. The third-order valence-corrected chi connectivity index (χ3v) is 8.46. The fourth-order valence-corrected chi connectivity index (χ4v) is 5.63. The number of benzene rings is 2. The summed E-state index contributed by atoms with van der Waals surface area (Å²) in [4.78, 5) is 22.0. The topological polar surface area (TPSA) is 92.0 Å². The first-order valence-corrected chi connectivity index (χ1v) is 15.9. The fourth-order valence-electron chi connectivity index (χ4n) is 5.63. The number of methoxy groups -OCH3 is 1. The highest BCUT2D eigenvalue weighted by Crippen LogP contribution is 2.35. The van der Waals surface area contributed by atoms with Crippen LogP contribution in [-0.4, -0.2) is 81.8 Å². The number of imidazole rings is 1. The van der Waals surface area contributed by atoms with E-state index in [1.54, 1.807) is 42.4 Å². The number of amides is 1. The van der Waals surface area contributed by atoms with Gasteiger partial charge in [-0.05, 0) is 67.4 Å². The van der Waals surface area contributed by atoms with Crippen molar-refractivity contribution in [2.24, 2.45) is 0 Å². The molecule has 0 aliphatic carbocycles.